The molecule has 1 aliphatic rings. The lowest BCUT2D eigenvalue weighted by Gasteiger charge is -2.21. The second-order valence-corrected chi connectivity index (χ2v) is 6.65. The molecule has 0 atom stereocenters. The SMILES string of the molecule is CCOP(=O)(OCC)/C(C#N)=N/OC(=O)NC1CCCCC1. The highest BCUT2D eigenvalue weighted by Gasteiger charge is 2.33. The van der Waals surface area contributed by atoms with Gasteiger partial charge in [-0.25, -0.2) is 4.79 Å². The van der Waals surface area contributed by atoms with Crippen molar-refractivity contribution >= 4 is 19.1 Å². The lowest BCUT2D eigenvalue weighted by molar-refractivity contribution is 0.143. The molecule has 0 aromatic rings. The number of hydrogen-bond acceptors (Lipinski definition) is 7. The van der Waals surface area contributed by atoms with Crippen LogP contribution in [0.3, 0.4) is 0 Å². The molecule has 9 heteroatoms. The Kier molecular flexibility index (Phi) is 8.10. The molecule has 0 aliphatic heterocycles. The van der Waals surface area contributed by atoms with Crippen LogP contribution in [0, 0.1) is 11.3 Å². The minimum absolute atomic E-state index is 0.0487. The number of nitriles is 1. The van der Waals surface area contributed by atoms with Crippen molar-refractivity contribution < 1.29 is 23.2 Å². The van der Waals surface area contributed by atoms with Crippen LogP contribution in [-0.2, 0) is 18.5 Å². The fraction of sp³-hybridized carbons (Fsp3) is 0.769. The highest BCUT2D eigenvalue weighted by Crippen LogP contribution is 2.49. The van der Waals surface area contributed by atoms with Gasteiger partial charge in [0.2, 0.25) is 0 Å². The third kappa shape index (κ3) is 5.76. The van der Waals surface area contributed by atoms with Gasteiger partial charge in [-0.3, -0.25) is 9.40 Å². The fourth-order valence-corrected chi connectivity index (χ4v) is 3.42. The first kappa shape index (κ1) is 18.6. The van der Waals surface area contributed by atoms with Crippen LogP contribution in [0.15, 0.2) is 5.16 Å². The zero-order valence-electron chi connectivity index (χ0n) is 12.9. The summed E-state index contributed by atoms with van der Waals surface area (Å²) in [6, 6.07) is 1.65. The Labute approximate surface area is 130 Å². The lowest BCUT2D eigenvalue weighted by Crippen LogP contribution is -2.36. The predicted molar refractivity (Wildman–Crippen MR) is 80.4 cm³/mol. The summed E-state index contributed by atoms with van der Waals surface area (Å²) in [5, 5.41) is 15.0. The summed E-state index contributed by atoms with van der Waals surface area (Å²) in [6.45, 7) is 3.37. The number of rotatable bonds is 7. The van der Waals surface area contributed by atoms with Gasteiger partial charge in [-0.15, -0.1) is 0 Å². The number of nitrogens with zero attached hydrogens (tertiary/aromatic N) is 2. The Morgan fingerprint density at radius 3 is 2.36 bits per heavy atom. The van der Waals surface area contributed by atoms with Crippen LogP contribution in [0.1, 0.15) is 46.0 Å². The normalized spacial score (nSPS) is 16.9. The van der Waals surface area contributed by atoms with Crippen molar-refractivity contribution in [2.45, 2.75) is 52.0 Å². The average molecular weight is 331 g/mol. The molecule has 0 aromatic carbocycles. The van der Waals surface area contributed by atoms with Gasteiger partial charge < -0.3 is 14.4 Å². The van der Waals surface area contributed by atoms with Crippen molar-refractivity contribution in [3.05, 3.63) is 0 Å². The van der Waals surface area contributed by atoms with Crippen molar-refractivity contribution in [3.63, 3.8) is 0 Å². The maximum atomic E-state index is 12.3. The third-order valence-electron chi connectivity index (χ3n) is 3.10. The van der Waals surface area contributed by atoms with Crippen molar-refractivity contribution in [1.29, 1.82) is 5.26 Å². The molecule has 124 valence electrons. The molecule has 1 N–H and O–H groups in total. The maximum absolute atomic E-state index is 12.3. The number of nitrogens with one attached hydrogen (secondary N) is 1. The van der Waals surface area contributed by atoms with E-state index in [1.165, 1.54) is 0 Å². The van der Waals surface area contributed by atoms with Crippen LogP contribution in [0.25, 0.3) is 0 Å². The third-order valence-corrected chi connectivity index (χ3v) is 5.00. The molecule has 0 unspecified atom stereocenters. The van der Waals surface area contributed by atoms with E-state index in [1.54, 1.807) is 19.9 Å². The molecule has 0 saturated heterocycles. The van der Waals surface area contributed by atoms with Crippen LogP contribution < -0.4 is 5.32 Å². The summed E-state index contributed by atoms with van der Waals surface area (Å²) in [4.78, 5) is 16.3. The first-order valence-electron chi connectivity index (χ1n) is 7.41. The highest BCUT2D eigenvalue weighted by molar-refractivity contribution is 7.73. The molecule has 0 radical (unpaired) electrons. The fourth-order valence-electron chi connectivity index (χ4n) is 2.16. The number of carbonyl (C=O) groups is 1. The minimum atomic E-state index is -3.84. The molecule has 1 rings (SSSR count). The van der Waals surface area contributed by atoms with E-state index >= 15 is 0 Å². The van der Waals surface area contributed by atoms with Crippen molar-refractivity contribution in [2.75, 3.05) is 13.2 Å². The minimum Gasteiger partial charge on any atom is -0.317 e. The van der Waals surface area contributed by atoms with E-state index in [0.29, 0.717) is 0 Å². The smallest absolute Gasteiger partial charge is 0.317 e. The summed E-state index contributed by atoms with van der Waals surface area (Å²) < 4.78 is 22.3. The Bertz CT molecular complexity index is 473. The van der Waals surface area contributed by atoms with Gasteiger partial charge in [0.1, 0.15) is 6.07 Å². The zero-order chi connectivity index (χ0) is 16.4. The molecule has 1 saturated carbocycles. The van der Waals surface area contributed by atoms with E-state index in [1.807, 2.05) is 0 Å². The van der Waals surface area contributed by atoms with E-state index in [0.717, 1.165) is 32.1 Å². The van der Waals surface area contributed by atoms with E-state index in [2.05, 4.69) is 15.3 Å². The number of oxime groups is 1. The summed E-state index contributed by atoms with van der Waals surface area (Å²) in [5.41, 5.74) is -0.574. The summed E-state index contributed by atoms with van der Waals surface area (Å²) in [7, 11) is -3.84. The molecule has 1 amide bonds. The van der Waals surface area contributed by atoms with Gasteiger partial charge in [0.15, 0.2) is 0 Å². The van der Waals surface area contributed by atoms with Gasteiger partial charge in [0.05, 0.1) is 13.2 Å². The van der Waals surface area contributed by atoms with Gasteiger partial charge >= 0.3 is 13.7 Å². The van der Waals surface area contributed by atoms with Gasteiger partial charge in [0, 0.05) is 6.04 Å². The maximum Gasteiger partial charge on any atom is 0.433 e. The average Bonchev–Trinajstić information content (AvgIpc) is 2.49. The summed E-state index contributed by atoms with van der Waals surface area (Å²) >= 11 is 0. The number of amides is 1. The Hall–Kier alpha value is -1.42. The van der Waals surface area contributed by atoms with Gasteiger partial charge in [0.25, 0.3) is 5.45 Å². The first-order valence-corrected chi connectivity index (χ1v) is 8.95. The van der Waals surface area contributed by atoms with Crippen molar-refractivity contribution in [1.82, 2.24) is 5.32 Å². The largest absolute Gasteiger partial charge is 0.433 e. The van der Waals surface area contributed by atoms with Crippen molar-refractivity contribution in [2.24, 2.45) is 5.16 Å². The molecule has 1 fully saturated rings. The van der Waals surface area contributed by atoms with Gasteiger partial charge in [-0.05, 0) is 26.7 Å². The van der Waals surface area contributed by atoms with E-state index in [4.69, 9.17) is 14.3 Å². The molecule has 0 aromatic heterocycles. The first-order chi connectivity index (χ1) is 10.6. The second-order valence-electron chi connectivity index (χ2n) is 4.72. The molecule has 1 aliphatic carbocycles. The number of carbonyl (C=O) groups excluding carboxylic acids is 1. The van der Waals surface area contributed by atoms with E-state index < -0.39 is 19.1 Å². The van der Waals surface area contributed by atoms with Crippen LogP contribution >= 0.6 is 7.60 Å². The molecule has 0 heterocycles. The zero-order valence-corrected chi connectivity index (χ0v) is 13.8. The van der Waals surface area contributed by atoms with Crippen LogP contribution in [0.5, 0.6) is 0 Å². The molecule has 0 bridgehead atoms. The molecular formula is C13H22N3O5P. The molecule has 22 heavy (non-hydrogen) atoms. The monoisotopic (exact) mass is 331 g/mol. The Morgan fingerprint density at radius 1 is 1.27 bits per heavy atom. The van der Waals surface area contributed by atoms with E-state index in [9.17, 15) is 9.36 Å². The van der Waals surface area contributed by atoms with E-state index in [-0.39, 0.29) is 19.3 Å². The Balaban J connectivity index is 2.64. The molecular weight excluding hydrogens is 309 g/mol. The second kappa shape index (κ2) is 9.57. The topological polar surface area (TPSA) is 110 Å². The molecule has 0 spiro atoms. The van der Waals surface area contributed by atoms with Gasteiger partial charge in [-0.1, -0.05) is 24.4 Å². The van der Waals surface area contributed by atoms with Crippen molar-refractivity contribution in [3.8, 4) is 6.07 Å². The highest BCUT2D eigenvalue weighted by atomic mass is 31.2. The summed E-state index contributed by atoms with van der Waals surface area (Å²) in [6.07, 6.45) is 4.28. The van der Waals surface area contributed by atoms with Crippen LogP contribution in [0.2, 0.25) is 0 Å². The summed E-state index contributed by atoms with van der Waals surface area (Å²) in [5.74, 6) is 0. The Morgan fingerprint density at radius 2 is 1.86 bits per heavy atom. The number of hydrogen-bond donors (Lipinski definition) is 1. The lowest BCUT2D eigenvalue weighted by atomic mass is 9.96. The molecule has 8 nitrogen and oxygen atoms in total. The quantitative estimate of drug-likeness (QED) is 0.332. The van der Waals surface area contributed by atoms with Crippen LogP contribution in [-0.4, -0.2) is 30.8 Å². The standard InChI is InChI=1S/C13H22N3O5P/c1-3-19-22(18,20-4-2)12(10-14)16-21-13(17)15-11-8-6-5-7-9-11/h11H,3-9H2,1-2H3,(H,15,17)/b16-12+. The van der Waals surface area contributed by atoms with Crippen LogP contribution in [0.4, 0.5) is 4.79 Å². The van der Waals surface area contributed by atoms with Gasteiger partial charge in [-0.2, -0.15) is 5.26 Å². The predicted octanol–water partition coefficient (Wildman–Crippen LogP) is 3.15.